The summed E-state index contributed by atoms with van der Waals surface area (Å²) in [6.07, 6.45) is 0. The van der Waals surface area contributed by atoms with Gasteiger partial charge in [0.1, 0.15) is 0 Å². The Labute approximate surface area is 200 Å². The minimum atomic E-state index is -0.307. The molecule has 1 aliphatic rings. The number of carbonyl (C=O) groups excluding carboxylic acids is 3. The number of carbonyl (C=O) groups is 3. The zero-order valence-electron chi connectivity index (χ0n) is 17.6. The van der Waals surface area contributed by atoms with E-state index in [-0.39, 0.29) is 30.0 Å². The maximum absolute atomic E-state index is 12.8. The lowest BCUT2D eigenvalue weighted by molar-refractivity contribution is 0.0642. The molecule has 0 saturated carbocycles. The van der Waals surface area contributed by atoms with Crippen LogP contribution < -0.4 is 0 Å². The Morgan fingerprint density at radius 2 is 1.55 bits per heavy atom. The van der Waals surface area contributed by atoms with E-state index in [4.69, 9.17) is 23.2 Å². The molecule has 0 radical (unpaired) electrons. The van der Waals surface area contributed by atoms with Crippen molar-refractivity contribution in [1.29, 1.82) is 0 Å². The van der Waals surface area contributed by atoms with Crippen LogP contribution in [-0.4, -0.2) is 32.9 Å². The van der Waals surface area contributed by atoms with Gasteiger partial charge < -0.3 is 4.57 Å². The molecule has 164 valence electrons. The highest BCUT2D eigenvalue weighted by Gasteiger charge is 2.35. The molecular weight excluding hydrogens is 459 g/mol. The lowest BCUT2D eigenvalue weighted by Crippen LogP contribution is -2.29. The van der Waals surface area contributed by atoms with E-state index in [1.54, 1.807) is 36.4 Å². The van der Waals surface area contributed by atoms with Gasteiger partial charge in [-0.1, -0.05) is 35.9 Å². The van der Waals surface area contributed by atoms with E-state index in [0.717, 1.165) is 27.8 Å². The zero-order valence-corrected chi connectivity index (χ0v) is 19.2. The monoisotopic (exact) mass is 476 g/mol. The number of hydrogen-bond donors (Lipinski definition) is 0. The number of imide groups is 1. The van der Waals surface area contributed by atoms with Gasteiger partial charge in [-0.25, -0.2) is 0 Å². The highest BCUT2D eigenvalue weighted by Crippen LogP contribution is 2.32. The number of alkyl halides is 1. The summed E-state index contributed by atoms with van der Waals surface area (Å²) in [7, 11) is 0. The fraction of sp³-hybridized carbons (Fsp3) is 0.115. The van der Waals surface area contributed by atoms with Crippen molar-refractivity contribution in [3.05, 3.63) is 99.7 Å². The van der Waals surface area contributed by atoms with Gasteiger partial charge >= 0.3 is 0 Å². The Hall–Kier alpha value is -3.41. The molecule has 0 aliphatic carbocycles. The number of amides is 2. The number of Topliss-reactive ketones (excluding diaryl/α,β-unsaturated/α-hetero) is 1. The third-order valence-corrected chi connectivity index (χ3v) is 6.47. The quantitative estimate of drug-likeness (QED) is 0.207. The molecular formula is C26H18Cl2N2O3. The third kappa shape index (κ3) is 3.45. The van der Waals surface area contributed by atoms with E-state index < -0.39 is 0 Å². The number of benzene rings is 3. The van der Waals surface area contributed by atoms with Crippen LogP contribution in [0.3, 0.4) is 0 Å². The van der Waals surface area contributed by atoms with E-state index in [0.29, 0.717) is 21.7 Å². The molecule has 1 aromatic heterocycles. The molecule has 0 fully saturated rings. The zero-order chi connectivity index (χ0) is 23.3. The first-order chi connectivity index (χ1) is 15.9. The van der Waals surface area contributed by atoms with Crippen molar-refractivity contribution in [1.82, 2.24) is 9.47 Å². The van der Waals surface area contributed by atoms with Crippen LogP contribution in [-0.2, 0) is 6.54 Å². The highest BCUT2D eigenvalue weighted by atomic mass is 35.5. The molecule has 0 unspecified atom stereocenters. The topological polar surface area (TPSA) is 59.4 Å². The van der Waals surface area contributed by atoms with Gasteiger partial charge in [-0.15, -0.1) is 11.6 Å². The van der Waals surface area contributed by atoms with Crippen molar-refractivity contribution in [2.24, 2.45) is 0 Å². The van der Waals surface area contributed by atoms with Crippen molar-refractivity contribution in [3.8, 4) is 5.69 Å². The maximum Gasteiger partial charge on any atom is 0.261 e. The van der Waals surface area contributed by atoms with E-state index >= 15 is 0 Å². The maximum atomic E-state index is 12.8. The average molecular weight is 477 g/mol. The summed E-state index contributed by atoms with van der Waals surface area (Å²) in [5.74, 6) is -0.909. The van der Waals surface area contributed by atoms with E-state index in [9.17, 15) is 14.4 Å². The molecule has 7 heteroatoms. The summed E-state index contributed by atoms with van der Waals surface area (Å²) in [6, 6.07) is 19.7. The van der Waals surface area contributed by atoms with Gasteiger partial charge in [0.15, 0.2) is 5.78 Å². The van der Waals surface area contributed by atoms with Crippen molar-refractivity contribution in [2.75, 3.05) is 5.88 Å². The highest BCUT2D eigenvalue weighted by molar-refractivity contribution is 6.32. The summed E-state index contributed by atoms with van der Waals surface area (Å²) in [5, 5.41) is 1.37. The normalized spacial score (nSPS) is 13.1. The molecule has 2 amide bonds. The van der Waals surface area contributed by atoms with E-state index in [2.05, 4.69) is 0 Å². The average Bonchev–Trinajstić information content (AvgIpc) is 3.25. The minimum Gasteiger partial charge on any atom is -0.313 e. The minimum absolute atomic E-state index is 0.128. The summed E-state index contributed by atoms with van der Waals surface area (Å²) in [4.78, 5) is 39.5. The Bertz CT molecular complexity index is 1420. The van der Waals surface area contributed by atoms with Crippen LogP contribution in [0.15, 0.2) is 66.7 Å². The van der Waals surface area contributed by atoms with Crippen LogP contribution in [0.1, 0.15) is 42.3 Å². The van der Waals surface area contributed by atoms with Crippen LogP contribution >= 0.6 is 23.2 Å². The standard InChI is InChI=1S/C26H18Cl2N2O3/c1-15-24(23(31)13-27)21-11-6-16(12-22(21)30(15)18-9-7-17(28)8-10-18)14-29-25(32)19-4-2-3-5-20(19)26(29)33/h2-12H,13-14H2,1H3. The number of ketones is 1. The van der Waals surface area contributed by atoms with E-state index in [1.165, 1.54) is 4.90 Å². The fourth-order valence-corrected chi connectivity index (χ4v) is 4.73. The number of fused-ring (bicyclic) bond motifs is 2. The summed E-state index contributed by atoms with van der Waals surface area (Å²) in [6.45, 7) is 2.00. The number of hydrogen-bond acceptors (Lipinski definition) is 3. The molecule has 0 saturated heterocycles. The van der Waals surface area contributed by atoms with Crippen LogP contribution in [0.25, 0.3) is 16.6 Å². The summed E-state index contributed by atoms with van der Waals surface area (Å²) >= 11 is 12.0. The van der Waals surface area contributed by atoms with Gasteiger partial charge in [-0.3, -0.25) is 19.3 Å². The Morgan fingerprint density at radius 3 is 2.15 bits per heavy atom. The van der Waals surface area contributed by atoms with Crippen LogP contribution in [0.4, 0.5) is 0 Å². The predicted octanol–water partition coefficient (Wildman–Crippen LogP) is 5.81. The number of halogens is 2. The molecule has 4 aromatic rings. The molecule has 33 heavy (non-hydrogen) atoms. The second-order valence-corrected chi connectivity index (χ2v) is 8.63. The Morgan fingerprint density at radius 1 is 0.909 bits per heavy atom. The third-order valence-electron chi connectivity index (χ3n) is 5.97. The molecule has 0 N–H and O–H groups in total. The van der Waals surface area contributed by atoms with Gasteiger partial charge in [0.05, 0.1) is 29.1 Å². The number of aromatic nitrogens is 1. The van der Waals surface area contributed by atoms with Gasteiger partial charge in [-0.2, -0.15) is 0 Å². The molecule has 5 rings (SSSR count). The molecule has 0 atom stereocenters. The molecule has 2 heterocycles. The fourth-order valence-electron chi connectivity index (χ4n) is 4.47. The molecule has 1 aliphatic heterocycles. The summed E-state index contributed by atoms with van der Waals surface area (Å²) in [5.41, 5.74) is 4.55. The first-order valence-electron chi connectivity index (χ1n) is 10.3. The SMILES string of the molecule is Cc1c(C(=O)CCl)c2ccc(CN3C(=O)c4ccccc4C3=O)cc2n1-c1ccc(Cl)cc1. The summed E-state index contributed by atoms with van der Waals surface area (Å²) < 4.78 is 1.97. The number of nitrogens with zero attached hydrogens (tertiary/aromatic N) is 2. The van der Waals surface area contributed by atoms with Gasteiger partial charge in [0.2, 0.25) is 0 Å². The van der Waals surface area contributed by atoms with Gasteiger partial charge in [0, 0.05) is 27.4 Å². The van der Waals surface area contributed by atoms with E-state index in [1.807, 2.05) is 41.8 Å². The Kier molecular flexibility index (Phi) is 5.31. The first-order valence-corrected chi connectivity index (χ1v) is 11.3. The van der Waals surface area contributed by atoms with Crippen LogP contribution in [0.2, 0.25) is 5.02 Å². The van der Waals surface area contributed by atoms with Gasteiger partial charge in [0.25, 0.3) is 11.8 Å². The lowest BCUT2D eigenvalue weighted by atomic mass is 10.1. The van der Waals surface area contributed by atoms with Crippen molar-refractivity contribution < 1.29 is 14.4 Å². The van der Waals surface area contributed by atoms with Crippen molar-refractivity contribution in [3.63, 3.8) is 0 Å². The largest absolute Gasteiger partial charge is 0.313 e. The first kappa shape index (κ1) is 21.4. The molecule has 5 nitrogen and oxygen atoms in total. The van der Waals surface area contributed by atoms with Crippen molar-refractivity contribution in [2.45, 2.75) is 13.5 Å². The molecule has 0 spiro atoms. The smallest absolute Gasteiger partial charge is 0.261 e. The Balaban J connectivity index is 1.62. The predicted molar refractivity (Wildman–Crippen MR) is 129 cm³/mol. The second-order valence-electron chi connectivity index (χ2n) is 7.92. The van der Waals surface area contributed by atoms with Crippen LogP contribution in [0, 0.1) is 6.92 Å². The van der Waals surface area contributed by atoms with Crippen molar-refractivity contribution >= 4 is 51.7 Å². The second kappa shape index (κ2) is 8.18. The lowest BCUT2D eigenvalue weighted by Gasteiger charge is -2.15. The van der Waals surface area contributed by atoms with Crippen LogP contribution in [0.5, 0.6) is 0 Å². The number of rotatable bonds is 5. The molecule has 3 aromatic carbocycles. The molecule has 0 bridgehead atoms. The van der Waals surface area contributed by atoms with Gasteiger partial charge in [-0.05, 0) is 55.0 Å².